The number of para-hydroxylation sites is 1. The topological polar surface area (TPSA) is 49.3 Å². The van der Waals surface area contributed by atoms with E-state index in [2.05, 4.69) is 5.32 Å². The highest BCUT2D eigenvalue weighted by atomic mass is 16.3. The summed E-state index contributed by atoms with van der Waals surface area (Å²) >= 11 is 0. The Morgan fingerprint density at radius 2 is 1.82 bits per heavy atom. The number of benzene rings is 1. The van der Waals surface area contributed by atoms with Crippen molar-refractivity contribution >= 4 is 11.6 Å². The molecule has 2 N–H and O–H groups in total. The molecule has 1 fully saturated rings. The molecule has 17 heavy (non-hydrogen) atoms. The normalized spacial score (nSPS) is 25.0. The van der Waals surface area contributed by atoms with E-state index in [1.807, 2.05) is 30.3 Å². The number of carbonyl (C=O) groups excluding carboxylic acids is 1. The van der Waals surface area contributed by atoms with Crippen LogP contribution in [0.2, 0.25) is 0 Å². The van der Waals surface area contributed by atoms with Crippen LogP contribution in [0.25, 0.3) is 0 Å². The minimum absolute atomic E-state index is 0.0504. The van der Waals surface area contributed by atoms with E-state index in [1.54, 1.807) is 0 Å². The lowest BCUT2D eigenvalue weighted by Gasteiger charge is -2.19. The lowest BCUT2D eigenvalue weighted by atomic mass is 9.96. The van der Waals surface area contributed by atoms with E-state index >= 15 is 0 Å². The van der Waals surface area contributed by atoms with E-state index in [0.717, 1.165) is 37.8 Å². The number of amides is 1. The molecule has 1 aliphatic rings. The Labute approximate surface area is 102 Å². The zero-order valence-corrected chi connectivity index (χ0v) is 9.93. The Morgan fingerprint density at radius 3 is 2.59 bits per heavy atom. The Balaban J connectivity index is 1.99. The van der Waals surface area contributed by atoms with E-state index in [4.69, 9.17) is 0 Å². The third-order valence-corrected chi connectivity index (χ3v) is 3.36. The van der Waals surface area contributed by atoms with Crippen molar-refractivity contribution in [2.45, 2.75) is 38.2 Å². The molecule has 0 saturated heterocycles. The van der Waals surface area contributed by atoms with E-state index in [9.17, 15) is 9.90 Å². The van der Waals surface area contributed by atoms with Crippen LogP contribution in [0, 0.1) is 5.92 Å². The van der Waals surface area contributed by atoms with Gasteiger partial charge in [-0.25, -0.2) is 0 Å². The maximum atomic E-state index is 12.1. The SMILES string of the molecule is O=C(Nc1ccccc1)C1CCCCCC1O. The van der Waals surface area contributed by atoms with Crippen LogP contribution in [-0.4, -0.2) is 17.1 Å². The molecule has 2 rings (SSSR count). The monoisotopic (exact) mass is 233 g/mol. The molecule has 3 heteroatoms. The zero-order chi connectivity index (χ0) is 12.1. The number of rotatable bonds is 2. The van der Waals surface area contributed by atoms with Gasteiger partial charge in [0.1, 0.15) is 0 Å². The number of hydrogen-bond acceptors (Lipinski definition) is 2. The van der Waals surface area contributed by atoms with Crippen molar-refractivity contribution in [2.75, 3.05) is 5.32 Å². The molecule has 2 atom stereocenters. The average molecular weight is 233 g/mol. The number of nitrogens with one attached hydrogen (secondary N) is 1. The van der Waals surface area contributed by atoms with Gasteiger partial charge in [0.25, 0.3) is 0 Å². The summed E-state index contributed by atoms with van der Waals surface area (Å²) in [6.07, 6.45) is 4.22. The first kappa shape index (κ1) is 12.1. The summed E-state index contributed by atoms with van der Waals surface area (Å²) in [7, 11) is 0. The summed E-state index contributed by atoms with van der Waals surface area (Å²) < 4.78 is 0. The Morgan fingerprint density at radius 1 is 1.12 bits per heavy atom. The third-order valence-electron chi connectivity index (χ3n) is 3.36. The van der Waals surface area contributed by atoms with E-state index in [1.165, 1.54) is 0 Å². The lowest BCUT2D eigenvalue weighted by molar-refractivity contribution is -0.123. The first-order valence-electron chi connectivity index (χ1n) is 6.31. The summed E-state index contributed by atoms with van der Waals surface area (Å²) in [6, 6.07) is 9.41. The van der Waals surface area contributed by atoms with Crippen LogP contribution in [0.3, 0.4) is 0 Å². The predicted octanol–water partition coefficient (Wildman–Crippen LogP) is 2.57. The Kier molecular flexibility index (Phi) is 4.15. The van der Waals surface area contributed by atoms with Gasteiger partial charge in [-0.15, -0.1) is 0 Å². The Hall–Kier alpha value is -1.35. The molecule has 3 nitrogen and oxygen atoms in total. The van der Waals surface area contributed by atoms with Crippen molar-refractivity contribution in [3.63, 3.8) is 0 Å². The average Bonchev–Trinajstić information content (AvgIpc) is 2.55. The molecular weight excluding hydrogens is 214 g/mol. The van der Waals surface area contributed by atoms with Gasteiger partial charge in [-0.3, -0.25) is 4.79 Å². The highest BCUT2D eigenvalue weighted by Gasteiger charge is 2.27. The molecule has 1 amide bonds. The predicted molar refractivity (Wildman–Crippen MR) is 67.7 cm³/mol. The summed E-state index contributed by atoms with van der Waals surface area (Å²) in [6.45, 7) is 0. The minimum atomic E-state index is -0.485. The van der Waals surface area contributed by atoms with Gasteiger partial charge in [0, 0.05) is 5.69 Å². The molecule has 0 spiro atoms. The highest BCUT2D eigenvalue weighted by Crippen LogP contribution is 2.24. The first-order chi connectivity index (χ1) is 8.27. The summed E-state index contributed by atoms with van der Waals surface area (Å²) in [5.74, 6) is -0.302. The molecule has 1 aromatic carbocycles. The van der Waals surface area contributed by atoms with Crippen LogP contribution < -0.4 is 5.32 Å². The van der Waals surface area contributed by atoms with Gasteiger partial charge in [0.15, 0.2) is 0 Å². The molecular formula is C14H19NO2. The van der Waals surface area contributed by atoms with Crippen LogP contribution in [-0.2, 0) is 4.79 Å². The molecule has 0 radical (unpaired) electrons. The van der Waals surface area contributed by atoms with Gasteiger partial charge in [-0.1, -0.05) is 37.5 Å². The van der Waals surface area contributed by atoms with Crippen molar-refractivity contribution in [2.24, 2.45) is 5.92 Å². The summed E-state index contributed by atoms with van der Waals surface area (Å²) in [4.78, 5) is 12.1. The van der Waals surface area contributed by atoms with E-state index < -0.39 is 6.10 Å². The standard InChI is InChI=1S/C14H19NO2/c16-13-10-6-2-5-9-12(13)14(17)15-11-7-3-1-4-8-11/h1,3-4,7-8,12-13,16H,2,5-6,9-10H2,(H,15,17). The van der Waals surface area contributed by atoms with Gasteiger partial charge in [0.2, 0.25) is 5.91 Å². The largest absolute Gasteiger partial charge is 0.392 e. The van der Waals surface area contributed by atoms with Crippen molar-refractivity contribution in [1.82, 2.24) is 0 Å². The molecule has 1 aliphatic carbocycles. The molecule has 0 bridgehead atoms. The molecule has 2 unspecified atom stereocenters. The number of anilines is 1. The molecule has 0 aromatic heterocycles. The summed E-state index contributed by atoms with van der Waals surface area (Å²) in [5.41, 5.74) is 0.800. The minimum Gasteiger partial charge on any atom is -0.392 e. The molecule has 92 valence electrons. The summed E-state index contributed by atoms with van der Waals surface area (Å²) in [5, 5.41) is 12.8. The van der Waals surface area contributed by atoms with Crippen LogP contribution in [0.15, 0.2) is 30.3 Å². The van der Waals surface area contributed by atoms with Gasteiger partial charge >= 0.3 is 0 Å². The van der Waals surface area contributed by atoms with Crippen LogP contribution in [0.4, 0.5) is 5.69 Å². The second-order valence-electron chi connectivity index (χ2n) is 4.67. The fraction of sp³-hybridized carbons (Fsp3) is 0.500. The number of aliphatic hydroxyl groups excluding tert-OH is 1. The maximum absolute atomic E-state index is 12.1. The third kappa shape index (κ3) is 3.30. The van der Waals surface area contributed by atoms with Crippen molar-refractivity contribution < 1.29 is 9.90 Å². The molecule has 1 saturated carbocycles. The van der Waals surface area contributed by atoms with Crippen LogP contribution in [0.5, 0.6) is 0 Å². The smallest absolute Gasteiger partial charge is 0.230 e. The van der Waals surface area contributed by atoms with Crippen LogP contribution in [0.1, 0.15) is 32.1 Å². The molecule has 1 aromatic rings. The number of carbonyl (C=O) groups is 1. The highest BCUT2D eigenvalue weighted by molar-refractivity contribution is 5.92. The Bertz CT molecular complexity index is 364. The number of aliphatic hydroxyl groups is 1. The van der Waals surface area contributed by atoms with Gasteiger partial charge in [-0.2, -0.15) is 0 Å². The quantitative estimate of drug-likeness (QED) is 0.771. The van der Waals surface area contributed by atoms with Crippen molar-refractivity contribution in [3.05, 3.63) is 30.3 Å². The fourth-order valence-electron chi connectivity index (χ4n) is 2.35. The van der Waals surface area contributed by atoms with Gasteiger partial charge < -0.3 is 10.4 Å². The molecule has 0 heterocycles. The second-order valence-corrected chi connectivity index (χ2v) is 4.67. The van der Waals surface area contributed by atoms with Crippen LogP contribution >= 0.6 is 0 Å². The number of hydrogen-bond donors (Lipinski definition) is 2. The van der Waals surface area contributed by atoms with Gasteiger partial charge in [0.05, 0.1) is 12.0 Å². The maximum Gasteiger partial charge on any atom is 0.230 e. The zero-order valence-electron chi connectivity index (χ0n) is 9.93. The lowest BCUT2D eigenvalue weighted by Crippen LogP contribution is -2.32. The second kappa shape index (κ2) is 5.82. The van der Waals surface area contributed by atoms with E-state index in [0.29, 0.717) is 0 Å². The van der Waals surface area contributed by atoms with E-state index in [-0.39, 0.29) is 11.8 Å². The fourth-order valence-corrected chi connectivity index (χ4v) is 2.35. The van der Waals surface area contributed by atoms with Crippen molar-refractivity contribution in [1.29, 1.82) is 0 Å². The molecule has 0 aliphatic heterocycles. The first-order valence-corrected chi connectivity index (χ1v) is 6.31. The van der Waals surface area contributed by atoms with Gasteiger partial charge in [-0.05, 0) is 25.0 Å². The van der Waals surface area contributed by atoms with Crippen molar-refractivity contribution in [3.8, 4) is 0 Å².